The molecule has 1 aromatic carbocycles. The molecule has 0 atom stereocenters. The van der Waals surface area contributed by atoms with Crippen LogP contribution in [-0.4, -0.2) is 30.5 Å². The van der Waals surface area contributed by atoms with Crippen LogP contribution in [-0.2, 0) is 4.79 Å². The lowest BCUT2D eigenvalue weighted by atomic mass is 9.86. The van der Waals surface area contributed by atoms with Crippen molar-refractivity contribution < 1.29 is 14.3 Å². The van der Waals surface area contributed by atoms with Gasteiger partial charge in [-0.25, -0.2) is 0 Å². The molecule has 1 aromatic rings. The van der Waals surface area contributed by atoms with E-state index in [9.17, 15) is 4.79 Å². The number of rotatable bonds is 14. The fourth-order valence-corrected chi connectivity index (χ4v) is 3.02. The maximum absolute atomic E-state index is 12.2. The summed E-state index contributed by atoms with van der Waals surface area (Å²) in [6, 6.07) is 8.00. The van der Waals surface area contributed by atoms with Gasteiger partial charge in [-0.1, -0.05) is 29.8 Å². The topological polar surface area (TPSA) is 47.6 Å². The van der Waals surface area contributed by atoms with Gasteiger partial charge in [-0.15, -0.1) is 0 Å². The van der Waals surface area contributed by atoms with Crippen LogP contribution in [0.1, 0.15) is 66.2 Å². The Balaban J connectivity index is 2.20. The Bertz CT molecular complexity index is 529. The minimum atomic E-state index is -0.336. The van der Waals surface area contributed by atoms with Gasteiger partial charge in [-0.05, 0) is 76.6 Å². The summed E-state index contributed by atoms with van der Waals surface area (Å²) in [5, 5.41) is 4.05. The standard InChI is InChI=1S/C22H36BrNO3/c1-18(2)24-21(25)22(3,4)14-6-9-17-27-20-12-10-19(11-13-20)26-16-8-5-7-15-23/h10-13,18H,5-9,14-17H2,1-4H3,(H,24,25). The highest BCUT2D eigenvalue weighted by Gasteiger charge is 2.27. The molecule has 0 aliphatic carbocycles. The van der Waals surface area contributed by atoms with Crippen molar-refractivity contribution >= 4 is 21.8 Å². The van der Waals surface area contributed by atoms with E-state index in [1.807, 2.05) is 52.0 Å². The van der Waals surface area contributed by atoms with Crippen molar-refractivity contribution in [3.8, 4) is 11.5 Å². The second kappa shape index (κ2) is 13.0. The second-order valence-electron chi connectivity index (χ2n) is 7.89. The molecule has 0 aliphatic rings. The van der Waals surface area contributed by atoms with E-state index >= 15 is 0 Å². The normalized spacial score (nSPS) is 11.5. The monoisotopic (exact) mass is 441 g/mol. The van der Waals surface area contributed by atoms with Gasteiger partial charge in [0.25, 0.3) is 0 Å². The van der Waals surface area contributed by atoms with Crippen LogP contribution in [0.2, 0.25) is 0 Å². The summed E-state index contributed by atoms with van der Waals surface area (Å²) in [6.45, 7) is 9.40. The average molecular weight is 442 g/mol. The van der Waals surface area contributed by atoms with Gasteiger partial charge in [0.2, 0.25) is 5.91 Å². The van der Waals surface area contributed by atoms with E-state index in [4.69, 9.17) is 9.47 Å². The zero-order valence-electron chi connectivity index (χ0n) is 17.4. The van der Waals surface area contributed by atoms with Crippen LogP contribution in [0.25, 0.3) is 0 Å². The molecule has 1 N–H and O–H groups in total. The molecule has 0 unspecified atom stereocenters. The van der Waals surface area contributed by atoms with Gasteiger partial charge in [-0.3, -0.25) is 4.79 Å². The minimum Gasteiger partial charge on any atom is -0.494 e. The summed E-state index contributed by atoms with van der Waals surface area (Å²) < 4.78 is 11.5. The number of carbonyl (C=O) groups is 1. The number of nitrogens with one attached hydrogen (secondary N) is 1. The van der Waals surface area contributed by atoms with E-state index in [1.165, 1.54) is 12.8 Å². The highest BCUT2D eigenvalue weighted by atomic mass is 79.9. The van der Waals surface area contributed by atoms with Crippen LogP contribution in [0.15, 0.2) is 24.3 Å². The fraction of sp³-hybridized carbons (Fsp3) is 0.682. The first kappa shape index (κ1) is 23.8. The number of amides is 1. The molecule has 4 nitrogen and oxygen atoms in total. The molecule has 0 saturated carbocycles. The Morgan fingerprint density at radius 1 is 0.963 bits per heavy atom. The number of benzene rings is 1. The molecule has 27 heavy (non-hydrogen) atoms. The number of unbranched alkanes of at least 4 members (excludes halogenated alkanes) is 3. The Labute approximate surface area is 173 Å². The van der Waals surface area contributed by atoms with Gasteiger partial charge in [0.1, 0.15) is 11.5 Å². The van der Waals surface area contributed by atoms with E-state index in [1.54, 1.807) is 0 Å². The minimum absolute atomic E-state index is 0.126. The third kappa shape index (κ3) is 10.6. The number of hydrogen-bond acceptors (Lipinski definition) is 3. The number of alkyl halides is 1. The molecular weight excluding hydrogens is 406 g/mol. The lowest BCUT2D eigenvalue weighted by Gasteiger charge is -2.25. The van der Waals surface area contributed by atoms with Crippen molar-refractivity contribution in [2.24, 2.45) is 5.41 Å². The van der Waals surface area contributed by atoms with Gasteiger partial charge in [0.15, 0.2) is 0 Å². The summed E-state index contributed by atoms with van der Waals surface area (Å²) >= 11 is 3.44. The van der Waals surface area contributed by atoms with Crippen LogP contribution in [0.5, 0.6) is 11.5 Å². The lowest BCUT2D eigenvalue weighted by Crippen LogP contribution is -2.40. The van der Waals surface area contributed by atoms with Gasteiger partial charge in [0, 0.05) is 16.8 Å². The third-order valence-corrected chi connectivity index (χ3v) is 4.93. The van der Waals surface area contributed by atoms with Gasteiger partial charge in [-0.2, -0.15) is 0 Å². The molecule has 0 radical (unpaired) electrons. The van der Waals surface area contributed by atoms with E-state index in [0.29, 0.717) is 6.61 Å². The Morgan fingerprint density at radius 2 is 1.48 bits per heavy atom. The molecule has 1 amide bonds. The Kier molecular flexibility index (Phi) is 11.5. The van der Waals surface area contributed by atoms with Crippen LogP contribution in [0.4, 0.5) is 0 Å². The number of halogens is 1. The lowest BCUT2D eigenvalue weighted by molar-refractivity contribution is -0.130. The Hall–Kier alpha value is -1.23. The summed E-state index contributed by atoms with van der Waals surface area (Å²) in [5.41, 5.74) is -0.336. The summed E-state index contributed by atoms with van der Waals surface area (Å²) in [7, 11) is 0. The summed E-state index contributed by atoms with van der Waals surface area (Å²) in [4.78, 5) is 12.2. The first-order valence-corrected chi connectivity index (χ1v) is 11.2. The molecule has 154 valence electrons. The van der Waals surface area contributed by atoms with Crippen LogP contribution in [0.3, 0.4) is 0 Å². The van der Waals surface area contributed by atoms with E-state index in [0.717, 1.165) is 49.1 Å². The van der Waals surface area contributed by atoms with E-state index < -0.39 is 0 Å². The first-order valence-electron chi connectivity index (χ1n) is 10.1. The van der Waals surface area contributed by atoms with Crippen molar-refractivity contribution in [1.29, 1.82) is 0 Å². The summed E-state index contributed by atoms with van der Waals surface area (Å²) in [6.07, 6.45) is 6.21. The number of hydrogen-bond donors (Lipinski definition) is 1. The Morgan fingerprint density at radius 3 is 1.96 bits per heavy atom. The molecule has 5 heteroatoms. The maximum atomic E-state index is 12.2. The van der Waals surface area contributed by atoms with Crippen LogP contribution < -0.4 is 14.8 Å². The molecular formula is C22H36BrNO3. The third-order valence-electron chi connectivity index (χ3n) is 4.37. The summed E-state index contributed by atoms with van der Waals surface area (Å²) in [5.74, 6) is 1.87. The SMILES string of the molecule is CC(C)NC(=O)C(C)(C)CCCCOc1ccc(OCCCCCBr)cc1. The predicted octanol–water partition coefficient (Wildman–Crippen LogP) is 5.73. The van der Waals surface area contributed by atoms with E-state index in [2.05, 4.69) is 21.2 Å². The molecule has 1 rings (SSSR count). The second-order valence-corrected chi connectivity index (χ2v) is 8.68. The first-order chi connectivity index (χ1) is 12.8. The molecule has 0 bridgehead atoms. The quantitative estimate of drug-likeness (QED) is 0.296. The largest absolute Gasteiger partial charge is 0.494 e. The molecule has 0 aromatic heterocycles. The molecule has 0 aliphatic heterocycles. The van der Waals surface area contributed by atoms with Gasteiger partial charge >= 0.3 is 0 Å². The number of ether oxygens (including phenoxy) is 2. The van der Waals surface area contributed by atoms with E-state index in [-0.39, 0.29) is 17.4 Å². The zero-order chi connectivity index (χ0) is 20.1. The van der Waals surface area contributed by atoms with Gasteiger partial charge < -0.3 is 14.8 Å². The smallest absolute Gasteiger partial charge is 0.225 e. The van der Waals surface area contributed by atoms with Crippen molar-refractivity contribution in [1.82, 2.24) is 5.32 Å². The predicted molar refractivity (Wildman–Crippen MR) is 116 cm³/mol. The van der Waals surface area contributed by atoms with Crippen molar-refractivity contribution in [3.05, 3.63) is 24.3 Å². The molecule has 0 spiro atoms. The molecule has 0 saturated heterocycles. The molecule has 0 heterocycles. The van der Waals surface area contributed by atoms with Crippen molar-refractivity contribution in [2.75, 3.05) is 18.5 Å². The van der Waals surface area contributed by atoms with Crippen LogP contribution in [0, 0.1) is 5.41 Å². The fourth-order valence-electron chi connectivity index (χ4n) is 2.63. The maximum Gasteiger partial charge on any atom is 0.225 e. The zero-order valence-corrected chi connectivity index (χ0v) is 18.9. The van der Waals surface area contributed by atoms with Gasteiger partial charge in [0.05, 0.1) is 13.2 Å². The molecule has 0 fully saturated rings. The number of carbonyl (C=O) groups excluding carboxylic acids is 1. The highest BCUT2D eigenvalue weighted by Crippen LogP contribution is 2.24. The average Bonchev–Trinajstić information content (AvgIpc) is 2.62. The van der Waals surface area contributed by atoms with Crippen molar-refractivity contribution in [2.45, 2.75) is 72.3 Å². The van der Waals surface area contributed by atoms with Crippen molar-refractivity contribution in [3.63, 3.8) is 0 Å². The van der Waals surface area contributed by atoms with Crippen LogP contribution >= 0.6 is 15.9 Å². The highest BCUT2D eigenvalue weighted by molar-refractivity contribution is 9.09.